The molecule has 0 radical (unpaired) electrons. The van der Waals surface area contributed by atoms with E-state index >= 15 is 0 Å². The van der Waals surface area contributed by atoms with E-state index in [1.807, 2.05) is 24.3 Å². The average Bonchev–Trinajstić information content (AvgIpc) is 2.33. The Morgan fingerprint density at radius 2 is 1.82 bits per heavy atom. The lowest BCUT2D eigenvalue weighted by Gasteiger charge is -2.07. The maximum absolute atomic E-state index is 13.2. The molecular weight excluding hydrogens is 305 g/mol. The molecule has 2 aromatic carbocycles. The molecule has 0 amide bonds. The van der Waals surface area contributed by atoms with E-state index in [1.165, 1.54) is 6.07 Å². The smallest absolute Gasteiger partial charge is 0.143 e. The van der Waals surface area contributed by atoms with Crippen LogP contribution >= 0.6 is 27.5 Å². The minimum absolute atomic E-state index is 0.138. The summed E-state index contributed by atoms with van der Waals surface area (Å²) in [5, 5.41) is 3.27. The van der Waals surface area contributed by atoms with Crippen LogP contribution in [0, 0.1) is 5.82 Å². The van der Waals surface area contributed by atoms with E-state index in [0.717, 1.165) is 15.7 Å². The van der Waals surface area contributed by atoms with Crippen molar-refractivity contribution < 1.29 is 4.39 Å². The van der Waals surface area contributed by atoms with Gasteiger partial charge >= 0.3 is 0 Å². The molecule has 0 unspecified atom stereocenters. The van der Waals surface area contributed by atoms with Crippen molar-refractivity contribution in [2.45, 2.75) is 6.54 Å². The topological polar surface area (TPSA) is 12.0 Å². The fraction of sp³-hybridized carbons (Fsp3) is 0.0769. The molecule has 0 spiro atoms. The molecule has 0 aliphatic heterocycles. The van der Waals surface area contributed by atoms with Gasteiger partial charge in [-0.25, -0.2) is 4.39 Å². The highest BCUT2D eigenvalue weighted by Gasteiger charge is 2.00. The molecule has 0 aromatic heterocycles. The lowest BCUT2D eigenvalue weighted by Crippen LogP contribution is -1.99. The molecule has 0 aliphatic carbocycles. The summed E-state index contributed by atoms with van der Waals surface area (Å²) in [5.74, 6) is -0.410. The molecule has 4 heteroatoms. The van der Waals surface area contributed by atoms with E-state index in [0.29, 0.717) is 6.54 Å². The molecule has 0 saturated heterocycles. The fourth-order valence-electron chi connectivity index (χ4n) is 1.41. The van der Waals surface area contributed by atoms with Crippen LogP contribution in [0.3, 0.4) is 0 Å². The third-order valence-electron chi connectivity index (χ3n) is 2.33. The highest BCUT2D eigenvalue weighted by Crippen LogP contribution is 2.19. The monoisotopic (exact) mass is 313 g/mol. The fourth-order valence-corrected chi connectivity index (χ4v) is 1.79. The summed E-state index contributed by atoms with van der Waals surface area (Å²) in [4.78, 5) is 0. The van der Waals surface area contributed by atoms with Gasteiger partial charge in [0, 0.05) is 16.7 Å². The van der Waals surface area contributed by atoms with Gasteiger partial charge in [0.1, 0.15) is 5.82 Å². The van der Waals surface area contributed by atoms with E-state index in [9.17, 15) is 4.39 Å². The Hall–Kier alpha value is -1.06. The molecule has 2 aromatic rings. The summed E-state index contributed by atoms with van der Waals surface area (Å²) in [6.07, 6.45) is 0. The van der Waals surface area contributed by atoms with Gasteiger partial charge in [-0.1, -0.05) is 39.7 Å². The van der Waals surface area contributed by atoms with Crippen molar-refractivity contribution in [3.8, 4) is 0 Å². The molecule has 88 valence electrons. The van der Waals surface area contributed by atoms with Gasteiger partial charge in [0.25, 0.3) is 0 Å². The molecule has 0 heterocycles. The summed E-state index contributed by atoms with van der Waals surface area (Å²) >= 11 is 8.98. The van der Waals surface area contributed by atoms with E-state index in [2.05, 4.69) is 21.2 Å². The second kappa shape index (κ2) is 5.52. The van der Waals surface area contributed by atoms with Crippen molar-refractivity contribution in [2.24, 2.45) is 0 Å². The largest absolute Gasteiger partial charge is 0.381 e. The van der Waals surface area contributed by atoms with Gasteiger partial charge in [0.2, 0.25) is 0 Å². The molecule has 0 saturated carbocycles. The van der Waals surface area contributed by atoms with Crippen molar-refractivity contribution >= 4 is 33.2 Å². The van der Waals surface area contributed by atoms with Crippen LogP contribution in [0.1, 0.15) is 5.56 Å². The molecule has 1 N–H and O–H groups in total. The minimum Gasteiger partial charge on any atom is -0.381 e. The van der Waals surface area contributed by atoms with Crippen LogP contribution in [0.2, 0.25) is 5.02 Å². The Morgan fingerprint density at radius 3 is 2.47 bits per heavy atom. The van der Waals surface area contributed by atoms with Crippen LogP contribution in [0.4, 0.5) is 10.1 Å². The summed E-state index contributed by atoms with van der Waals surface area (Å²) < 4.78 is 14.2. The average molecular weight is 315 g/mol. The van der Waals surface area contributed by atoms with Crippen molar-refractivity contribution in [3.05, 3.63) is 63.3 Å². The van der Waals surface area contributed by atoms with Crippen molar-refractivity contribution in [2.75, 3.05) is 5.32 Å². The lowest BCUT2D eigenvalue weighted by atomic mass is 10.2. The van der Waals surface area contributed by atoms with Gasteiger partial charge < -0.3 is 5.32 Å². The number of anilines is 1. The number of rotatable bonds is 3. The zero-order chi connectivity index (χ0) is 12.3. The lowest BCUT2D eigenvalue weighted by molar-refractivity contribution is 0.628. The van der Waals surface area contributed by atoms with Crippen LogP contribution in [-0.4, -0.2) is 0 Å². The first-order chi connectivity index (χ1) is 8.15. The predicted molar refractivity (Wildman–Crippen MR) is 72.9 cm³/mol. The summed E-state index contributed by atoms with van der Waals surface area (Å²) in [6, 6.07) is 12.6. The Labute approximate surface area is 113 Å². The maximum Gasteiger partial charge on any atom is 0.143 e. The molecule has 1 nitrogen and oxygen atoms in total. The molecule has 0 fully saturated rings. The van der Waals surface area contributed by atoms with E-state index in [-0.39, 0.29) is 5.02 Å². The zero-order valence-corrected chi connectivity index (χ0v) is 11.2. The molecule has 17 heavy (non-hydrogen) atoms. The minimum atomic E-state index is -0.410. The third-order valence-corrected chi connectivity index (χ3v) is 3.16. The SMILES string of the molecule is Fc1cc(NCc2ccc(Br)cc2)ccc1Cl. The number of nitrogens with one attached hydrogen (secondary N) is 1. The predicted octanol–water partition coefficient (Wildman–Crippen LogP) is 4.85. The van der Waals surface area contributed by atoms with Gasteiger partial charge in [0.05, 0.1) is 5.02 Å². The second-order valence-corrected chi connectivity index (χ2v) is 4.93. The van der Waals surface area contributed by atoms with Crippen LogP contribution in [0.5, 0.6) is 0 Å². The van der Waals surface area contributed by atoms with Crippen LogP contribution in [-0.2, 0) is 6.54 Å². The Kier molecular flexibility index (Phi) is 4.02. The van der Waals surface area contributed by atoms with Gasteiger partial charge in [-0.2, -0.15) is 0 Å². The van der Waals surface area contributed by atoms with E-state index in [1.54, 1.807) is 12.1 Å². The van der Waals surface area contributed by atoms with Crippen molar-refractivity contribution in [3.63, 3.8) is 0 Å². The molecule has 0 atom stereocenters. The number of halogens is 3. The zero-order valence-electron chi connectivity index (χ0n) is 8.88. The van der Waals surface area contributed by atoms with E-state index in [4.69, 9.17) is 11.6 Å². The van der Waals surface area contributed by atoms with Gasteiger partial charge in [-0.3, -0.25) is 0 Å². The normalized spacial score (nSPS) is 10.3. The molecule has 0 aliphatic rings. The number of hydrogen-bond donors (Lipinski definition) is 1. The quantitative estimate of drug-likeness (QED) is 0.853. The Balaban J connectivity index is 2.02. The van der Waals surface area contributed by atoms with Crippen LogP contribution < -0.4 is 5.32 Å². The standard InChI is InChI=1S/C13H10BrClFN/c14-10-3-1-9(2-4-10)8-17-11-5-6-12(15)13(16)7-11/h1-7,17H,8H2. The first kappa shape index (κ1) is 12.4. The third kappa shape index (κ3) is 3.45. The van der Waals surface area contributed by atoms with Gasteiger partial charge in [-0.05, 0) is 35.9 Å². The first-order valence-electron chi connectivity index (χ1n) is 5.08. The van der Waals surface area contributed by atoms with Crippen molar-refractivity contribution in [1.82, 2.24) is 0 Å². The summed E-state index contributed by atoms with van der Waals surface area (Å²) in [7, 11) is 0. The Bertz CT molecular complexity index is 513. The van der Waals surface area contributed by atoms with E-state index < -0.39 is 5.82 Å². The van der Waals surface area contributed by atoms with Crippen LogP contribution in [0.15, 0.2) is 46.9 Å². The van der Waals surface area contributed by atoms with Gasteiger partial charge in [-0.15, -0.1) is 0 Å². The second-order valence-electron chi connectivity index (χ2n) is 3.61. The summed E-state index contributed by atoms with van der Waals surface area (Å²) in [5.41, 5.74) is 1.85. The summed E-state index contributed by atoms with van der Waals surface area (Å²) in [6.45, 7) is 0.647. The highest BCUT2D eigenvalue weighted by molar-refractivity contribution is 9.10. The number of hydrogen-bond acceptors (Lipinski definition) is 1. The molecular formula is C13H10BrClFN. The highest BCUT2D eigenvalue weighted by atomic mass is 79.9. The Morgan fingerprint density at radius 1 is 1.12 bits per heavy atom. The first-order valence-corrected chi connectivity index (χ1v) is 6.25. The van der Waals surface area contributed by atoms with Crippen molar-refractivity contribution in [1.29, 1.82) is 0 Å². The maximum atomic E-state index is 13.2. The molecule has 2 rings (SSSR count). The van der Waals surface area contributed by atoms with Gasteiger partial charge in [0.15, 0.2) is 0 Å². The number of benzene rings is 2. The van der Waals surface area contributed by atoms with Crippen LogP contribution in [0.25, 0.3) is 0 Å². The molecule has 0 bridgehead atoms.